The van der Waals surface area contributed by atoms with Gasteiger partial charge in [-0.25, -0.2) is 83.4 Å². The van der Waals surface area contributed by atoms with Gasteiger partial charge in [0.05, 0.1) is 4.47 Å². The second-order valence-corrected chi connectivity index (χ2v) is 9.59. The Bertz CT molecular complexity index is 1570. The van der Waals surface area contributed by atoms with E-state index in [2.05, 4.69) is 0 Å². The van der Waals surface area contributed by atoms with Gasteiger partial charge >= 0.3 is 0 Å². The maximum atomic E-state index is 15.6. The molecular weight excluding hydrogens is 740 g/mol. The van der Waals surface area contributed by atoms with Crippen molar-refractivity contribution in [1.29, 1.82) is 0 Å². The minimum absolute atomic E-state index is 1.86. The molecule has 4 aromatic carbocycles. The first-order valence-corrected chi connectivity index (χ1v) is 11.7. The largest absolute Gasteiger partial charge is 0.207 e. The lowest BCUT2D eigenvalue weighted by Crippen LogP contribution is -2.81. The summed E-state index contributed by atoms with van der Waals surface area (Å²) < 4.78 is 280. The standard InChI is InChI=1S/C24BBrF19/c26-5-14(35)6(27)1(7(28)15(5)36)25(2-8(29)16(37)22(43)17(38)9(2)30,3-10(31)18(39)23(44)19(40)11(3)32)4-12(33)20(41)24(45)21(42)13(4)34/q-1. The van der Waals surface area contributed by atoms with E-state index in [1.54, 1.807) is 0 Å². The lowest BCUT2D eigenvalue weighted by Gasteiger charge is -2.44. The molecule has 0 nitrogen and oxygen atoms in total. The Morgan fingerprint density at radius 2 is 0.356 bits per heavy atom. The van der Waals surface area contributed by atoms with Crippen molar-refractivity contribution >= 4 is 43.9 Å². The van der Waals surface area contributed by atoms with Crippen molar-refractivity contribution in [3.8, 4) is 0 Å². The maximum Gasteiger partial charge on any atom is 0.200 e. The monoisotopic (exact) mass is 739 g/mol. The van der Waals surface area contributed by atoms with Gasteiger partial charge in [0, 0.05) is 0 Å². The van der Waals surface area contributed by atoms with Crippen molar-refractivity contribution in [1.82, 2.24) is 0 Å². The van der Waals surface area contributed by atoms with E-state index < -0.39 is 143 Å². The molecule has 4 rings (SSSR count). The summed E-state index contributed by atoms with van der Waals surface area (Å²) in [5.41, 5.74) is -13.8. The molecule has 0 aliphatic carbocycles. The fraction of sp³-hybridized carbons (Fsp3) is 0. The Morgan fingerprint density at radius 1 is 0.222 bits per heavy atom. The molecule has 0 bridgehead atoms. The lowest BCUT2D eigenvalue weighted by molar-refractivity contribution is 0.379. The zero-order chi connectivity index (χ0) is 34.4. The van der Waals surface area contributed by atoms with Crippen LogP contribution in [0.1, 0.15) is 0 Å². The van der Waals surface area contributed by atoms with Gasteiger partial charge in [0.2, 0.25) is 0 Å². The molecular formula is C24BBrF19-. The van der Waals surface area contributed by atoms with Gasteiger partial charge in [0.15, 0.2) is 64.0 Å². The first-order chi connectivity index (χ1) is 20.7. The molecule has 0 aliphatic heterocycles. The molecule has 0 amide bonds. The molecule has 0 saturated heterocycles. The Balaban J connectivity index is 2.69. The summed E-state index contributed by atoms with van der Waals surface area (Å²) >= 11 is 1.86. The van der Waals surface area contributed by atoms with Crippen molar-refractivity contribution in [2.24, 2.45) is 0 Å². The molecule has 0 spiro atoms. The van der Waals surface area contributed by atoms with E-state index >= 15 is 35.1 Å². The number of halogens is 20. The third-order valence-electron chi connectivity index (χ3n) is 6.71. The van der Waals surface area contributed by atoms with Crippen LogP contribution in [-0.2, 0) is 0 Å². The average Bonchev–Trinajstić information content (AvgIpc) is 3.00. The van der Waals surface area contributed by atoms with Gasteiger partial charge in [-0.1, -0.05) is 0 Å². The van der Waals surface area contributed by atoms with Crippen molar-refractivity contribution in [3.63, 3.8) is 0 Å². The van der Waals surface area contributed by atoms with E-state index in [9.17, 15) is 48.3 Å². The van der Waals surface area contributed by atoms with Gasteiger partial charge in [-0.2, -0.15) is 0 Å². The van der Waals surface area contributed by atoms with Gasteiger partial charge in [-0.3, -0.25) is 0 Å². The third-order valence-corrected chi connectivity index (χ3v) is 7.40. The molecule has 0 atom stereocenters. The summed E-state index contributed by atoms with van der Waals surface area (Å²) in [5, 5.41) is 0. The van der Waals surface area contributed by atoms with Crippen LogP contribution >= 0.6 is 15.9 Å². The van der Waals surface area contributed by atoms with E-state index in [4.69, 9.17) is 0 Å². The number of hydrogen-bond acceptors (Lipinski definition) is 0. The van der Waals surface area contributed by atoms with Crippen LogP contribution < -0.4 is 21.9 Å². The van der Waals surface area contributed by atoms with Gasteiger partial charge in [0.25, 0.3) is 0 Å². The van der Waals surface area contributed by atoms with Gasteiger partial charge in [0.1, 0.15) is 52.7 Å². The smallest absolute Gasteiger partial charge is 0.200 e. The second-order valence-electron chi connectivity index (χ2n) is 8.80. The molecule has 0 aromatic heterocycles. The van der Waals surface area contributed by atoms with E-state index in [0.29, 0.717) is 0 Å². The molecule has 0 radical (unpaired) electrons. The minimum Gasteiger partial charge on any atom is -0.207 e. The number of rotatable bonds is 4. The van der Waals surface area contributed by atoms with Crippen LogP contribution in [0, 0.1) is 111 Å². The highest BCUT2D eigenvalue weighted by atomic mass is 79.9. The van der Waals surface area contributed by atoms with Crippen molar-refractivity contribution in [2.45, 2.75) is 0 Å². The van der Waals surface area contributed by atoms with Crippen molar-refractivity contribution < 1.29 is 83.4 Å². The normalized spacial score (nSPS) is 12.0. The Labute approximate surface area is 242 Å². The van der Waals surface area contributed by atoms with Crippen LogP contribution in [-0.4, -0.2) is 6.15 Å². The Morgan fingerprint density at radius 3 is 0.533 bits per heavy atom. The highest BCUT2D eigenvalue weighted by Gasteiger charge is 2.52. The highest BCUT2D eigenvalue weighted by molar-refractivity contribution is 9.10. The van der Waals surface area contributed by atoms with E-state index in [1.165, 1.54) is 0 Å². The molecule has 0 N–H and O–H groups in total. The second kappa shape index (κ2) is 11.2. The summed E-state index contributed by atoms with van der Waals surface area (Å²) in [4.78, 5) is 0. The fourth-order valence-corrected chi connectivity index (χ4v) is 5.22. The van der Waals surface area contributed by atoms with E-state index in [1.807, 2.05) is 15.9 Å². The van der Waals surface area contributed by atoms with Crippen LogP contribution in [0.2, 0.25) is 0 Å². The SMILES string of the molecule is Fc1c(F)c(F)c([B-](c2c(F)c(F)c(F)c(F)c2F)(c2c(F)c(F)c(F)c(F)c2F)c2c(F)c(F)c(Br)c(F)c2F)c(F)c1F. The first kappa shape index (κ1) is 34.0. The van der Waals surface area contributed by atoms with Gasteiger partial charge in [-0.05, 0) is 15.9 Å². The van der Waals surface area contributed by atoms with Crippen molar-refractivity contribution in [3.05, 3.63) is 115 Å². The average molecular weight is 740 g/mol. The zero-order valence-electron chi connectivity index (χ0n) is 20.1. The number of benzene rings is 4. The molecule has 0 saturated carbocycles. The Kier molecular flexibility index (Phi) is 8.43. The molecule has 0 fully saturated rings. The molecule has 45 heavy (non-hydrogen) atoms. The summed E-state index contributed by atoms with van der Waals surface area (Å²) in [6, 6.07) is 0. The topological polar surface area (TPSA) is 0 Å². The minimum atomic E-state index is -7.07. The molecule has 0 heterocycles. The van der Waals surface area contributed by atoms with E-state index in [-0.39, 0.29) is 0 Å². The predicted molar refractivity (Wildman–Crippen MR) is 117 cm³/mol. The predicted octanol–water partition coefficient (Wildman–Crippen LogP) is 6.47. The van der Waals surface area contributed by atoms with Crippen LogP contribution in [0.4, 0.5) is 83.4 Å². The summed E-state index contributed by atoms with van der Waals surface area (Å²) in [6.07, 6.45) is -7.07. The molecule has 0 unspecified atom stereocenters. The molecule has 240 valence electrons. The van der Waals surface area contributed by atoms with Crippen molar-refractivity contribution in [2.75, 3.05) is 0 Å². The summed E-state index contributed by atoms with van der Waals surface area (Å²) in [5.74, 6) is -65.2. The van der Waals surface area contributed by atoms with Crippen LogP contribution in [0.15, 0.2) is 4.47 Å². The molecule has 4 aromatic rings. The summed E-state index contributed by atoms with van der Waals surface area (Å²) in [7, 11) is 0. The molecule has 0 aliphatic rings. The first-order valence-electron chi connectivity index (χ1n) is 10.9. The molecule has 21 heteroatoms. The number of hydrogen-bond donors (Lipinski definition) is 0. The maximum absolute atomic E-state index is 15.6. The quantitative estimate of drug-likeness (QED) is 0.0976. The third kappa shape index (κ3) is 4.32. The fourth-order valence-electron chi connectivity index (χ4n) is 4.87. The van der Waals surface area contributed by atoms with Crippen LogP contribution in [0.3, 0.4) is 0 Å². The summed E-state index contributed by atoms with van der Waals surface area (Å²) in [6.45, 7) is 0. The van der Waals surface area contributed by atoms with Gasteiger partial charge in [-0.15, -0.1) is 21.9 Å². The zero-order valence-corrected chi connectivity index (χ0v) is 21.7. The van der Waals surface area contributed by atoms with Crippen LogP contribution in [0.5, 0.6) is 0 Å². The van der Waals surface area contributed by atoms with Gasteiger partial charge < -0.3 is 0 Å². The lowest BCUT2D eigenvalue weighted by atomic mass is 9.12. The Hall–Kier alpha value is -3.91. The van der Waals surface area contributed by atoms with E-state index in [0.717, 1.165) is 0 Å². The van der Waals surface area contributed by atoms with Crippen LogP contribution in [0.25, 0.3) is 0 Å². The highest BCUT2D eigenvalue weighted by Crippen LogP contribution is 2.32.